The summed E-state index contributed by atoms with van der Waals surface area (Å²) in [5.41, 5.74) is -0.846. The fourth-order valence-electron chi connectivity index (χ4n) is 2.49. The summed E-state index contributed by atoms with van der Waals surface area (Å²) < 4.78 is 54.5. The molecule has 1 heterocycles. The Bertz CT molecular complexity index is 723. The van der Waals surface area contributed by atoms with Crippen LogP contribution in [0.1, 0.15) is 38.7 Å². The summed E-state index contributed by atoms with van der Waals surface area (Å²) in [6.45, 7) is 3.74. The molecule has 0 spiro atoms. The van der Waals surface area contributed by atoms with Gasteiger partial charge >= 0.3 is 12.1 Å². The van der Waals surface area contributed by atoms with Crippen LogP contribution in [-0.2, 0) is 20.4 Å². The van der Waals surface area contributed by atoms with Crippen molar-refractivity contribution in [1.29, 1.82) is 0 Å². The van der Waals surface area contributed by atoms with Crippen LogP contribution >= 0.6 is 23.4 Å². The van der Waals surface area contributed by atoms with Gasteiger partial charge in [-0.1, -0.05) is 36.7 Å². The zero-order valence-electron chi connectivity index (χ0n) is 15.1. The lowest BCUT2D eigenvalue weighted by molar-refractivity contribution is -0.159. The Morgan fingerprint density at radius 1 is 1.41 bits per heavy atom. The van der Waals surface area contributed by atoms with E-state index in [-0.39, 0.29) is 10.8 Å². The van der Waals surface area contributed by atoms with Crippen molar-refractivity contribution in [2.45, 2.75) is 50.3 Å². The molecule has 1 aromatic rings. The molecule has 0 aliphatic carbocycles. The second kappa shape index (κ2) is 8.75. The quantitative estimate of drug-likeness (QED) is 0.518. The molecule has 2 unspecified atom stereocenters. The van der Waals surface area contributed by atoms with Gasteiger partial charge in [0.25, 0.3) is 0 Å². The van der Waals surface area contributed by atoms with E-state index in [9.17, 15) is 18.0 Å². The highest BCUT2D eigenvalue weighted by Gasteiger charge is 2.38. The third-order valence-corrected chi connectivity index (χ3v) is 5.27. The van der Waals surface area contributed by atoms with Gasteiger partial charge < -0.3 is 14.2 Å². The minimum absolute atomic E-state index is 0.116. The fourth-order valence-corrected chi connectivity index (χ4v) is 3.76. The van der Waals surface area contributed by atoms with E-state index in [2.05, 4.69) is 0 Å². The van der Waals surface area contributed by atoms with Gasteiger partial charge in [0.15, 0.2) is 11.2 Å². The maximum absolute atomic E-state index is 12.7. The number of carbonyl (C=O) groups excluding carboxylic acids is 1. The summed E-state index contributed by atoms with van der Waals surface area (Å²) in [5.74, 6) is -0.329. The number of halogens is 4. The third kappa shape index (κ3) is 5.80. The van der Waals surface area contributed by atoms with Gasteiger partial charge in [0, 0.05) is 6.42 Å². The Hall–Kier alpha value is -1.38. The van der Waals surface area contributed by atoms with Crippen molar-refractivity contribution in [3.8, 4) is 5.75 Å². The van der Waals surface area contributed by atoms with Crippen molar-refractivity contribution in [2.75, 3.05) is 7.11 Å². The Balaban J connectivity index is 2.04. The maximum atomic E-state index is 12.7. The third-order valence-electron chi connectivity index (χ3n) is 3.83. The van der Waals surface area contributed by atoms with Gasteiger partial charge in [0.1, 0.15) is 10.7 Å². The summed E-state index contributed by atoms with van der Waals surface area (Å²) in [6.07, 6.45) is -1.69. The summed E-state index contributed by atoms with van der Waals surface area (Å²) in [4.78, 5) is 11.1. The number of thioether (sulfide) groups is 1. The number of carbonyl (C=O) groups is 1. The lowest BCUT2D eigenvalue weighted by Crippen LogP contribution is -2.34. The number of hydrogen-bond acceptors (Lipinski definition) is 5. The normalized spacial score (nSPS) is 20.9. The van der Waals surface area contributed by atoms with Crippen LogP contribution in [0.25, 0.3) is 0 Å². The average molecular weight is 425 g/mol. The second-order valence-electron chi connectivity index (χ2n) is 6.13. The SMILES string of the molecule is CCCC(OC1(C)CC=C(Oc2ccc(C(F)(F)F)cc2Cl)S1)C(=O)OC. The zero-order chi connectivity index (χ0) is 20.2. The van der Waals surface area contributed by atoms with E-state index in [1.807, 2.05) is 13.8 Å². The second-order valence-corrected chi connectivity index (χ2v) is 8.00. The van der Waals surface area contributed by atoms with Crippen molar-refractivity contribution >= 4 is 29.3 Å². The number of rotatable bonds is 7. The van der Waals surface area contributed by atoms with Crippen LogP contribution in [0.4, 0.5) is 13.2 Å². The lowest BCUT2D eigenvalue weighted by Gasteiger charge is -2.28. The van der Waals surface area contributed by atoms with Crippen molar-refractivity contribution in [3.05, 3.63) is 40.0 Å². The smallest absolute Gasteiger partial charge is 0.416 e. The van der Waals surface area contributed by atoms with Crippen molar-refractivity contribution in [2.24, 2.45) is 0 Å². The zero-order valence-corrected chi connectivity index (χ0v) is 16.6. The molecule has 0 fully saturated rings. The fraction of sp³-hybridized carbons (Fsp3) is 0.500. The molecule has 1 aromatic carbocycles. The molecule has 0 radical (unpaired) electrons. The van der Waals surface area contributed by atoms with Gasteiger partial charge in [0.05, 0.1) is 17.7 Å². The van der Waals surface area contributed by atoms with Gasteiger partial charge in [0.2, 0.25) is 0 Å². The Morgan fingerprint density at radius 2 is 2.11 bits per heavy atom. The van der Waals surface area contributed by atoms with Gasteiger partial charge in [-0.25, -0.2) is 4.79 Å². The Kier molecular flexibility index (Phi) is 7.10. The van der Waals surface area contributed by atoms with Crippen LogP contribution in [0.5, 0.6) is 5.75 Å². The van der Waals surface area contributed by atoms with Gasteiger partial charge in [-0.15, -0.1) is 0 Å². The monoisotopic (exact) mass is 424 g/mol. The number of methoxy groups -OCH3 is 1. The number of esters is 1. The molecule has 1 aliphatic rings. The number of hydrogen-bond donors (Lipinski definition) is 0. The Morgan fingerprint density at radius 3 is 2.67 bits per heavy atom. The predicted octanol–water partition coefficient (Wildman–Crippen LogP) is 5.79. The number of benzene rings is 1. The molecule has 2 atom stereocenters. The molecule has 2 rings (SSSR count). The summed E-state index contributed by atoms with van der Waals surface area (Å²) in [5, 5.41) is 0.304. The van der Waals surface area contributed by atoms with E-state index < -0.39 is 28.7 Å². The lowest BCUT2D eigenvalue weighted by atomic mass is 10.2. The van der Waals surface area contributed by atoms with Gasteiger partial charge in [-0.2, -0.15) is 13.2 Å². The first-order valence-electron chi connectivity index (χ1n) is 8.27. The average Bonchev–Trinajstić information content (AvgIpc) is 2.95. The highest BCUT2D eigenvalue weighted by molar-refractivity contribution is 8.04. The van der Waals surface area contributed by atoms with E-state index in [0.717, 1.165) is 18.6 Å². The van der Waals surface area contributed by atoms with Crippen LogP contribution in [0.2, 0.25) is 5.02 Å². The number of alkyl halides is 3. The standard InChI is InChI=1S/C18H20ClF3O4S/c1-4-5-14(16(23)24-3)26-17(2)9-8-15(27-17)25-13-7-6-11(10-12(13)19)18(20,21)22/h6-8,10,14H,4-5,9H2,1-3H3. The summed E-state index contributed by atoms with van der Waals surface area (Å²) >= 11 is 7.15. The van der Waals surface area contributed by atoms with E-state index in [4.69, 9.17) is 25.8 Å². The summed E-state index contributed by atoms with van der Waals surface area (Å²) in [7, 11) is 1.30. The molecule has 4 nitrogen and oxygen atoms in total. The molecule has 0 N–H and O–H groups in total. The molecule has 9 heteroatoms. The molecular formula is C18H20ClF3O4S. The minimum Gasteiger partial charge on any atom is -0.467 e. The van der Waals surface area contributed by atoms with E-state index in [1.54, 1.807) is 6.08 Å². The van der Waals surface area contributed by atoms with E-state index in [0.29, 0.717) is 17.9 Å². The molecule has 0 aromatic heterocycles. The number of ether oxygens (including phenoxy) is 3. The van der Waals surface area contributed by atoms with Gasteiger partial charge in [-0.3, -0.25) is 0 Å². The Labute approximate surface area is 165 Å². The molecular weight excluding hydrogens is 405 g/mol. The molecule has 1 aliphatic heterocycles. The highest BCUT2D eigenvalue weighted by atomic mass is 35.5. The molecule has 150 valence electrons. The predicted molar refractivity (Wildman–Crippen MR) is 97.6 cm³/mol. The minimum atomic E-state index is -4.47. The van der Waals surface area contributed by atoms with Crippen molar-refractivity contribution in [3.63, 3.8) is 0 Å². The molecule has 0 saturated heterocycles. The first-order valence-corrected chi connectivity index (χ1v) is 9.47. The van der Waals surface area contributed by atoms with E-state index in [1.165, 1.54) is 24.9 Å². The van der Waals surface area contributed by atoms with Crippen molar-refractivity contribution < 1.29 is 32.2 Å². The molecule has 0 saturated carbocycles. The molecule has 0 amide bonds. The van der Waals surface area contributed by atoms with Crippen LogP contribution in [0.3, 0.4) is 0 Å². The summed E-state index contributed by atoms with van der Waals surface area (Å²) in [6, 6.07) is 2.91. The van der Waals surface area contributed by atoms with Crippen molar-refractivity contribution in [1.82, 2.24) is 0 Å². The van der Waals surface area contributed by atoms with Crippen LogP contribution in [0.15, 0.2) is 29.4 Å². The largest absolute Gasteiger partial charge is 0.467 e. The topological polar surface area (TPSA) is 44.8 Å². The maximum Gasteiger partial charge on any atom is 0.416 e. The first-order chi connectivity index (χ1) is 12.6. The van der Waals surface area contributed by atoms with E-state index >= 15 is 0 Å². The van der Waals surface area contributed by atoms with Crippen LogP contribution in [-0.4, -0.2) is 24.1 Å². The van der Waals surface area contributed by atoms with Crippen LogP contribution < -0.4 is 4.74 Å². The van der Waals surface area contributed by atoms with Gasteiger partial charge in [-0.05, 0) is 37.6 Å². The first kappa shape index (κ1) is 21.9. The molecule has 27 heavy (non-hydrogen) atoms. The molecule has 0 bridgehead atoms. The highest BCUT2D eigenvalue weighted by Crippen LogP contribution is 2.45. The van der Waals surface area contributed by atoms with Crippen LogP contribution in [0, 0.1) is 0 Å².